The minimum Gasteiger partial charge on any atom is -0.508 e. The molecule has 0 radical (unpaired) electrons. The monoisotopic (exact) mass is 151 g/mol. The van der Waals surface area contributed by atoms with Gasteiger partial charge in [-0.15, -0.1) is 0 Å². The van der Waals surface area contributed by atoms with Gasteiger partial charge in [0.25, 0.3) is 0 Å². The Morgan fingerprint density at radius 2 is 1.82 bits per heavy atom. The zero-order chi connectivity index (χ0) is 8.43. The summed E-state index contributed by atoms with van der Waals surface area (Å²) in [4.78, 5) is 0. The number of anilines is 1. The van der Waals surface area contributed by atoms with E-state index in [2.05, 4.69) is 5.32 Å². The molecule has 1 aromatic carbocycles. The quantitative estimate of drug-likeness (QED) is 0.602. The van der Waals surface area contributed by atoms with Crippen molar-refractivity contribution in [2.45, 2.75) is 13.8 Å². The highest BCUT2D eigenvalue weighted by Crippen LogP contribution is 2.24. The molecular formula is C9H13NO. The predicted molar refractivity (Wildman–Crippen MR) is 47.1 cm³/mol. The molecule has 0 saturated heterocycles. The first-order chi connectivity index (χ1) is 5.15. The summed E-state index contributed by atoms with van der Waals surface area (Å²) in [5.41, 5.74) is 3.04. The van der Waals surface area contributed by atoms with Crippen LogP contribution < -0.4 is 5.32 Å². The second-order valence-electron chi connectivity index (χ2n) is 2.70. The number of aryl methyl sites for hydroxylation is 2. The van der Waals surface area contributed by atoms with Gasteiger partial charge in [0.05, 0.1) is 0 Å². The first kappa shape index (κ1) is 7.92. The van der Waals surface area contributed by atoms with Crippen LogP contribution >= 0.6 is 0 Å². The molecule has 1 aromatic rings. The van der Waals surface area contributed by atoms with Gasteiger partial charge in [-0.25, -0.2) is 0 Å². The highest BCUT2D eigenvalue weighted by Gasteiger charge is 2.00. The molecule has 0 saturated carbocycles. The average molecular weight is 151 g/mol. The number of hydrogen-bond acceptors (Lipinski definition) is 2. The molecule has 11 heavy (non-hydrogen) atoms. The molecule has 60 valence electrons. The summed E-state index contributed by atoms with van der Waals surface area (Å²) in [5.74, 6) is 0.363. The first-order valence-corrected chi connectivity index (χ1v) is 3.63. The second-order valence-corrected chi connectivity index (χ2v) is 2.70. The van der Waals surface area contributed by atoms with Crippen molar-refractivity contribution in [3.8, 4) is 5.75 Å². The number of benzene rings is 1. The fraction of sp³-hybridized carbons (Fsp3) is 0.333. The lowest BCUT2D eigenvalue weighted by molar-refractivity contribution is 0.471. The Morgan fingerprint density at radius 3 is 2.36 bits per heavy atom. The van der Waals surface area contributed by atoms with E-state index in [9.17, 15) is 5.11 Å². The lowest BCUT2D eigenvalue weighted by Gasteiger charge is -2.07. The molecule has 0 atom stereocenters. The van der Waals surface area contributed by atoms with Crippen molar-refractivity contribution < 1.29 is 5.11 Å². The van der Waals surface area contributed by atoms with Gasteiger partial charge in [0.15, 0.2) is 0 Å². The van der Waals surface area contributed by atoms with Crippen LogP contribution in [0.25, 0.3) is 0 Å². The molecule has 0 heterocycles. The van der Waals surface area contributed by atoms with Crippen molar-refractivity contribution in [2.75, 3.05) is 12.4 Å². The van der Waals surface area contributed by atoms with E-state index < -0.39 is 0 Å². The number of phenolic OH excluding ortho intramolecular Hbond substituents is 1. The Balaban J connectivity index is 3.21. The predicted octanol–water partition coefficient (Wildman–Crippen LogP) is 2.05. The van der Waals surface area contributed by atoms with Crippen molar-refractivity contribution in [2.24, 2.45) is 0 Å². The summed E-state index contributed by atoms with van der Waals surface area (Å²) in [7, 11) is 1.87. The van der Waals surface area contributed by atoms with E-state index in [4.69, 9.17) is 0 Å². The van der Waals surface area contributed by atoms with Crippen LogP contribution in [0.15, 0.2) is 12.1 Å². The van der Waals surface area contributed by atoms with E-state index in [1.54, 1.807) is 6.07 Å². The summed E-state index contributed by atoms with van der Waals surface area (Å²) < 4.78 is 0. The molecule has 2 N–H and O–H groups in total. The highest BCUT2D eigenvalue weighted by molar-refractivity contribution is 5.56. The van der Waals surface area contributed by atoms with Gasteiger partial charge in [-0.1, -0.05) is 0 Å². The van der Waals surface area contributed by atoms with Crippen LogP contribution in [-0.4, -0.2) is 12.2 Å². The fourth-order valence-electron chi connectivity index (χ4n) is 1.07. The summed E-state index contributed by atoms with van der Waals surface area (Å²) in [6.07, 6.45) is 0. The Labute approximate surface area is 66.9 Å². The molecule has 2 nitrogen and oxygen atoms in total. The molecule has 0 aromatic heterocycles. The van der Waals surface area contributed by atoms with E-state index in [0.29, 0.717) is 5.75 Å². The molecule has 0 aliphatic rings. The van der Waals surface area contributed by atoms with Crippen molar-refractivity contribution in [1.29, 1.82) is 0 Å². The Kier molecular flexibility index (Phi) is 2.03. The molecule has 0 amide bonds. The Bertz CT molecular complexity index is 269. The van der Waals surface area contributed by atoms with Crippen molar-refractivity contribution >= 4 is 5.69 Å². The maximum atomic E-state index is 9.29. The number of rotatable bonds is 1. The average Bonchev–Trinajstić information content (AvgIpc) is 1.97. The maximum absolute atomic E-state index is 9.29. The third-order valence-electron chi connectivity index (χ3n) is 1.81. The third-order valence-corrected chi connectivity index (χ3v) is 1.81. The normalized spacial score (nSPS) is 9.73. The number of nitrogens with one attached hydrogen (secondary N) is 1. The SMILES string of the molecule is CNc1cc(C)c(O)cc1C. The van der Waals surface area contributed by atoms with E-state index in [0.717, 1.165) is 16.8 Å². The minimum atomic E-state index is 0.363. The molecule has 0 bridgehead atoms. The molecule has 1 rings (SSSR count). The summed E-state index contributed by atoms with van der Waals surface area (Å²) in [5, 5.41) is 12.3. The summed E-state index contributed by atoms with van der Waals surface area (Å²) in [6.45, 7) is 3.85. The van der Waals surface area contributed by atoms with Crippen LogP contribution in [0.4, 0.5) is 5.69 Å². The van der Waals surface area contributed by atoms with E-state index in [1.807, 2.05) is 27.0 Å². The number of aromatic hydroxyl groups is 1. The van der Waals surface area contributed by atoms with Gasteiger partial charge in [0.2, 0.25) is 0 Å². The second kappa shape index (κ2) is 2.82. The van der Waals surface area contributed by atoms with Crippen LogP contribution in [0, 0.1) is 13.8 Å². The zero-order valence-corrected chi connectivity index (χ0v) is 7.10. The van der Waals surface area contributed by atoms with E-state index in [-0.39, 0.29) is 0 Å². The maximum Gasteiger partial charge on any atom is 0.118 e. The van der Waals surface area contributed by atoms with Crippen LogP contribution in [-0.2, 0) is 0 Å². The molecule has 0 spiro atoms. The van der Waals surface area contributed by atoms with Gasteiger partial charge in [-0.2, -0.15) is 0 Å². The topological polar surface area (TPSA) is 32.3 Å². The Morgan fingerprint density at radius 1 is 1.18 bits per heavy atom. The van der Waals surface area contributed by atoms with Crippen LogP contribution in [0.1, 0.15) is 11.1 Å². The lowest BCUT2D eigenvalue weighted by Crippen LogP contribution is -1.92. The lowest BCUT2D eigenvalue weighted by atomic mass is 10.1. The van der Waals surface area contributed by atoms with E-state index in [1.165, 1.54) is 0 Å². The van der Waals surface area contributed by atoms with Gasteiger partial charge in [0.1, 0.15) is 5.75 Å². The van der Waals surface area contributed by atoms with Crippen LogP contribution in [0.3, 0.4) is 0 Å². The molecule has 2 heteroatoms. The fourth-order valence-corrected chi connectivity index (χ4v) is 1.07. The Hall–Kier alpha value is -1.18. The largest absolute Gasteiger partial charge is 0.508 e. The zero-order valence-electron chi connectivity index (χ0n) is 7.10. The van der Waals surface area contributed by atoms with Gasteiger partial charge in [-0.05, 0) is 37.1 Å². The smallest absolute Gasteiger partial charge is 0.118 e. The van der Waals surface area contributed by atoms with Crippen LogP contribution in [0.2, 0.25) is 0 Å². The number of hydrogen-bond donors (Lipinski definition) is 2. The van der Waals surface area contributed by atoms with Crippen molar-refractivity contribution in [3.05, 3.63) is 23.3 Å². The van der Waals surface area contributed by atoms with Gasteiger partial charge in [-0.3, -0.25) is 0 Å². The highest BCUT2D eigenvalue weighted by atomic mass is 16.3. The third kappa shape index (κ3) is 1.45. The van der Waals surface area contributed by atoms with E-state index >= 15 is 0 Å². The van der Waals surface area contributed by atoms with Gasteiger partial charge < -0.3 is 10.4 Å². The van der Waals surface area contributed by atoms with Gasteiger partial charge >= 0.3 is 0 Å². The molecule has 0 unspecified atom stereocenters. The standard InChI is InChI=1S/C9H13NO/c1-6-5-9(11)7(2)4-8(6)10-3/h4-5,10-11H,1-3H3. The number of phenols is 1. The minimum absolute atomic E-state index is 0.363. The first-order valence-electron chi connectivity index (χ1n) is 3.63. The summed E-state index contributed by atoms with van der Waals surface area (Å²) >= 11 is 0. The molecule has 0 aliphatic heterocycles. The molecule has 0 fully saturated rings. The van der Waals surface area contributed by atoms with Crippen LogP contribution in [0.5, 0.6) is 5.75 Å². The van der Waals surface area contributed by atoms with Crippen molar-refractivity contribution in [3.63, 3.8) is 0 Å². The van der Waals surface area contributed by atoms with Gasteiger partial charge in [0, 0.05) is 12.7 Å². The van der Waals surface area contributed by atoms with Crippen molar-refractivity contribution in [1.82, 2.24) is 0 Å². The molecular weight excluding hydrogens is 138 g/mol. The molecule has 0 aliphatic carbocycles. The summed E-state index contributed by atoms with van der Waals surface area (Å²) in [6, 6.07) is 3.70.